The number of sulfone groups is 1. The fourth-order valence-electron chi connectivity index (χ4n) is 2.32. The van der Waals surface area contributed by atoms with Crippen LogP contribution in [0.25, 0.3) is 0 Å². The van der Waals surface area contributed by atoms with Crippen LogP contribution < -0.4 is 15.4 Å². The summed E-state index contributed by atoms with van der Waals surface area (Å²) in [6.45, 7) is 0.559. The number of nitrogens with one attached hydrogen (secondary N) is 2. The van der Waals surface area contributed by atoms with E-state index in [2.05, 4.69) is 15.6 Å². The summed E-state index contributed by atoms with van der Waals surface area (Å²) < 4.78 is 28.2. The summed E-state index contributed by atoms with van der Waals surface area (Å²) in [5.74, 6) is 1.82. The lowest BCUT2D eigenvalue weighted by Crippen LogP contribution is -2.43. The second-order valence-corrected chi connectivity index (χ2v) is 7.21. The van der Waals surface area contributed by atoms with Gasteiger partial charge in [-0.05, 0) is 12.5 Å². The van der Waals surface area contributed by atoms with E-state index in [1.165, 1.54) is 0 Å². The summed E-state index contributed by atoms with van der Waals surface area (Å²) in [5.41, 5.74) is 1.02. The predicted octanol–water partition coefficient (Wildman–Crippen LogP) is 1.17. The number of ether oxygens (including phenoxy) is 1. The fraction of sp³-hybridized carbons (Fsp3) is 0.500. The number of rotatable bonds is 4. The molecule has 1 aliphatic rings. The Labute approximate surface area is 148 Å². The first kappa shape index (κ1) is 19.0. The van der Waals surface area contributed by atoms with Crippen LogP contribution in [0.5, 0.6) is 5.75 Å². The highest BCUT2D eigenvalue weighted by Gasteiger charge is 2.28. The molecule has 1 fully saturated rings. The van der Waals surface area contributed by atoms with Crippen molar-refractivity contribution in [1.29, 1.82) is 0 Å². The fourth-order valence-corrected chi connectivity index (χ4v) is 4.00. The van der Waals surface area contributed by atoms with E-state index in [-0.39, 0.29) is 41.5 Å². The molecule has 1 heterocycles. The summed E-state index contributed by atoms with van der Waals surface area (Å²) in [5, 5.41) is 6.33. The average molecular weight is 439 g/mol. The summed E-state index contributed by atoms with van der Waals surface area (Å²) in [6.07, 6.45) is 0.623. The zero-order valence-electron chi connectivity index (χ0n) is 12.7. The Morgan fingerprint density at radius 1 is 1.41 bits per heavy atom. The molecule has 1 aromatic carbocycles. The molecule has 1 aromatic rings. The highest BCUT2D eigenvalue weighted by molar-refractivity contribution is 14.0. The summed E-state index contributed by atoms with van der Waals surface area (Å²) in [7, 11) is 0.410. The van der Waals surface area contributed by atoms with Crippen LogP contribution in [-0.4, -0.2) is 46.1 Å². The molecule has 2 N–H and O–H groups in total. The van der Waals surface area contributed by atoms with E-state index in [1.54, 1.807) is 14.2 Å². The van der Waals surface area contributed by atoms with Gasteiger partial charge in [-0.1, -0.05) is 18.2 Å². The second-order valence-electron chi connectivity index (χ2n) is 4.98. The molecule has 0 radical (unpaired) electrons. The molecule has 1 saturated heterocycles. The highest BCUT2D eigenvalue weighted by atomic mass is 127. The van der Waals surface area contributed by atoms with Gasteiger partial charge in [0.15, 0.2) is 15.8 Å². The summed E-state index contributed by atoms with van der Waals surface area (Å²) in [4.78, 5) is 4.13. The Hall–Kier alpha value is -1.03. The minimum atomic E-state index is -2.89. The predicted molar refractivity (Wildman–Crippen MR) is 98.8 cm³/mol. The van der Waals surface area contributed by atoms with Gasteiger partial charge in [-0.15, -0.1) is 24.0 Å². The monoisotopic (exact) mass is 439 g/mol. The Kier molecular flexibility index (Phi) is 7.40. The van der Waals surface area contributed by atoms with Gasteiger partial charge in [-0.25, -0.2) is 8.42 Å². The largest absolute Gasteiger partial charge is 0.496 e. The number of para-hydroxylation sites is 1. The molecular formula is C14H22IN3O3S. The SMILES string of the molecule is CN=C(NCc1ccccc1OC)NC1CCS(=O)(=O)C1.I. The van der Waals surface area contributed by atoms with Gasteiger partial charge in [0.1, 0.15) is 5.75 Å². The quantitative estimate of drug-likeness (QED) is 0.418. The van der Waals surface area contributed by atoms with E-state index in [0.29, 0.717) is 18.9 Å². The summed E-state index contributed by atoms with van der Waals surface area (Å²) in [6, 6.07) is 7.66. The smallest absolute Gasteiger partial charge is 0.191 e. The third kappa shape index (κ3) is 5.31. The van der Waals surface area contributed by atoms with Gasteiger partial charge < -0.3 is 15.4 Å². The Balaban J connectivity index is 0.00000242. The number of benzene rings is 1. The van der Waals surface area contributed by atoms with Crippen molar-refractivity contribution in [2.24, 2.45) is 4.99 Å². The maximum atomic E-state index is 11.5. The second kappa shape index (κ2) is 8.56. The number of hydrogen-bond donors (Lipinski definition) is 2. The van der Waals surface area contributed by atoms with Crippen LogP contribution in [0.3, 0.4) is 0 Å². The van der Waals surface area contributed by atoms with Crippen LogP contribution in [0.4, 0.5) is 0 Å². The topological polar surface area (TPSA) is 79.8 Å². The van der Waals surface area contributed by atoms with Crippen LogP contribution >= 0.6 is 24.0 Å². The minimum Gasteiger partial charge on any atom is -0.496 e. The van der Waals surface area contributed by atoms with E-state index in [9.17, 15) is 8.42 Å². The first-order valence-corrected chi connectivity index (χ1v) is 8.65. The van der Waals surface area contributed by atoms with Gasteiger partial charge in [0.25, 0.3) is 0 Å². The third-order valence-corrected chi connectivity index (χ3v) is 5.20. The number of methoxy groups -OCH3 is 1. The summed E-state index contributed by atoms with van der Waals surface area (Å²) >= 11 is 0. The molecule has 0 bridgehead atoms. The van der Waals surface area contributed by atoms with Crippen LogP contribution in [-0.2, 0) is 16.4 Å². The number of nitrogens with zero attached hydrogens (tertiary/aromatic N) is 1. The standard InChI is InChI=1S/C14H21N3O3S.HI/c1-15-14(17-12-7-8-21(18,19)10-12)16-9-11-5-3-4-6-13(11)20-2;/h3-6,12H,7-10H2,1-2H3,(H2,15,16,17);1H. The van der Waals surface area contributed by atoms with Crippen molar-refractivity contribution in [1.82, 2.24) is 10.6 Å². The van der Waals surface area contributed by atoms with E-state index < -0.39 is 9.84 Å². The normalized spacial score (nSPS) is 20.1. The van der Waals surface area contributed by atoms with Gasteiger partial charge in [0.05, 0.1) is 18.6 Å². The molecule has 0 aliphatic carbocycles. The van der Waals surface area contributed by atoms with Crippen molar-refractivity contribution in [2.75, 3.05) is 25.7 Å². The highest BCUT2D eigenvalue weighted by Crippen LogP contribution is 2.16. The Morgan fingerprint density at radius 2 is 2.14 bits per heavy atom. The molecule has 124 valence electrons. The number of hydrogen-bond acceptors (Lipinski definition) is 4. The van der Waals surface area contributed by atoms with Crippen molar-refractivity contribution in [2.45, 2.75) is 19.0 Å². The molecule has 22 heavy (non-hydrogen) atoms. The first-order valence-electron chi connectivity index (χ1n) is 6.83. The van der Waals surface area contributed by atoms with Crippen molar-refractivity contribution in [3.8, 4) is 5.75 Å². The van der Waals surface area contributed by atoms with Gasteiger partial charge in [-0.2, -0.15) is 0 Å². The molecule has 0 amide bonds. The average Bonchev–Trinajstić information content (AvgIpc) is 2.82. The molecule has 1 atom stereocenters. The van der Waals surface area contributed by atoms with Crippen LogP contribution in [0.15, 0.2) is 29.3 Å². The molecule has 6 nitrogen and oxygen atoms in total. The van der Waals surface area contributed by atoms with Gasteiger partial charge in [-0.3, -0.25) is 4.99 Å². The van der Waals surface area contributed by atoms with Gasteiger partial charge in [0.2, 0.25) is 0 Å². The molecule has 2 rings (SSSR count). The first-order chi connectivity index (χ1) is 10.0. The van der Waals surface area contributed by atoms with Crippen LogP contribution in [0, 0.1) is 0 Å². The number of aliphatic imine (C=N–C) groups is 1. The minimum absolute atomic E-state index is 0. The maximum absolute atomic E-state index is 11.5. The molecular weight excluding hydrogens is 417 g/mol. The molecule has 1 aliphatic heterocycles. The zero-order chi connectivity index (χ0) is 15.3. The third-order valence-electron chi connectivity index (χ3n) is 3.44. The zero-order valence-corrected chi connectivity index (χ0v) is 15.9. The lowest BCUT2D eigenvalue weighted by Gasteiger charge is -2.17. The Morgan fingerprint density at radius 3 is 2.73 bits per heavy atom. The van der Waals surface area contributed by atoms with Crippen LogP contribution in [0.2, 0.25) is 0 Å². The van der Waals surface area contributed by atoms with Gasteiger partial charge >= 0.3 is 0 Å². The molecule has 1 unspecified atom stereocenters. The van der Waals surface area contributed by atoms with Crippen molar-refractivity contribution in [3.05, 3.63) is 29.8 Å². The number of guanidine groups is 1. The van der Waals surface area contributed by atoms with E-state index >= 15 is 0 Å². The molecule has 0 saturated carbocycles. The van der Waals surface area contributed by atoms with E-state index in [0.717, 1.165) is 11.3 Å². The lowest BCUT2D eigenvalue weighted by molar-refractivity contribution is 0.409. The van der Waals surface area contributed by atoms with Crippen molar-refractivity contribution in [3.63, 3.8) is 0 Å². The Bertz CT molecular complexity index is 620. The van der Waals surface area contributed by atoms with Crippen molar-refractivity contribution >= 4 is 39.8 Å². The van der Waals surface area contributed by atoms with E-state index in [4.69, 9.17) is 4.74 Å². The number of halogens is 1. The molecule has 0 aromatic heterocycles. The van der Waals surface area contributed by atoms with Crippen LogP contribution in [0.1, 0.15) is 12.0 Å². The lowest BCUT2D eigenvalue weighted by atomic mass is 10.2. The van der Waals surface area contributed by atoms with Crippen molar-refractivity contribution < 1.29 is 13.2 Å². The molecule has 8 heteroatoms. The molecule has 0 spiro atoms. The van der Waals surface area contributed by atoms with E-state index in [1.807, 2.05) is 24.3 Å². The maximum Gasteiger partial charge on any atom is 0.191 e. The van der Waals surface area contributed by atoms with Gasteiger partial charge in [0, 0.05) is 25.2 Å².